The fourth-order valence-electron chi connectivity index (χ4n) is 1.82. The number of hydrogen-bond donors (Lipinski definition) is 2. The molecule has 0 fully saturated rings. The lowest BCUT2D eigenvalue weighted by molar-refractivity contribution is 0.0927. The van der Waals surface area contributed by atoms with Crippen molar-refractivity contribution in [3.63, 3.8) is 0 Å². The Kier molecular flexibility index (Phi) is 5.98. The minimum Gasteiger partial charge on any atom is -0.350 e. The van der Waals surface area contributed by atoms with Gasteiger partial charge in [0.1, 0.15) is 0 Å². The summed E-state index contributed by atoms with van der Waals surface area (Å²) in [5.74, 6) is -0.449. The van der Waals surface area contributed by atoms with E-state index < -0.39 is 0 Å². The van der Waals surface area contributed by atoms with Gasteiger partial charge in [-0.15, -0.1) is 0 Å². The summed E-state index contributed by atoms with van der Waals surface area (Å²) >= 11 is 9.26. The normalized spacial score (nSPS) is 10.1. The minimum atomic E-state index is -0.262. The average Bonchev–Trinajstić information content (AvgIpc) is 2.51. The van der Waals surface area contributed by atoms with E-state index in [9.17, 15) is 9.59 Å². The van der Waals surface area contributed by atoms with Gasteiger partial charge in [0.15, 0.2) is 0 Å². The smallest absolute Gasteiger partial charge is 0.252 e. The molecule has 0 saturated heterocycles. The molecule has 2 N–H and O–H groups in total. The molecule has 6 heteroatoms. The summed E-state index contributed by atoms with van der Waals surface area (Å²) < 4.78 is 0.840. The van der Waals surface area contributed by atoms with Crippen LogP contribution in [0.25, 0.3) is 0 Å². The highest BCUT2D eigenvalue weighted by atomic mass is 79.9. The predicted octanol–water partition coefficient (Wildman–Crippen LogP) is 3.26. The summed E-state index contributed by atoms with van der Waals surface area (Å²) in [6, 6.07) is 13.9. The monoisotopic (exact) mass is 380 g/mol. The highest BCUT2D eigenvalue weighted by molar-refractivity contribution is 9.10. The van der Waals surface area contributed by atoms with Gasteiger partial charge in [-0.25, -0.2) is 0 Å². The topological polar surface area (TPSA) is 58.2 Å². The first-order valence-corrected chi connectivity index (χ1v) is 7.81. The van der Waals surface area contributed by atoms with Crippen LogP contribution in [0.3, 0.4) is 0 Å². The molecule has 0 unspecified atom stereocenters. The van der Waals surface area contributed by atoms with E-state index in [0.717, 1.165) is 4.47 Å². The molecule has 0 aromatic heterocycles. The van der Waals surface area contributed by atoms with E-state index >= 15 is 0 Å². The van der Waals surface area contributed by atoms with Crippen molar-refractivity contribution in [3.8, 4) is 0 Å². The van der Waals surface area contributed by atoms with Crippen molar-refractivity contribution in [1.29, 1.82) is 0 Å². The standard InChI is InChI=1S/C16H14BrClN2O2/c17-12-5-3-4-11(10-12)15(21)19-8-9-20-16(22)13-6-1-2-7-14(13)18/h1-7,10H,8-9H2,(H,19,21)(H,20,22). The Morgan fingerprint density at radius 2 is 1.64 bits per heavy atom. The van der Waals surface area contributed by atoms with Crippen LogP contribution in [0.4, 0.5) is 0 Å². The second-order valence-electron chi connectivity index (χ2n) is 4.50. The van der Waals surface area contributed by atoms with Gasteiger partial charge >= 0.3 is 0 Å². The van der Waals surface area contributed by atoms with Crippen LogP contribution in [0.5, 0.6) is 0 Å². The Balaban J connectivity index is 1.79. The van der Waals surface area contributed by atoms with Gasteiger partial charge in [-0.2, -0.15) is 0 Å². The van der Waals surface area contributed by atoms with Crippen molar-refractivity contribution >= 4 is 39.3 Å². The fraction of sp³-hybridized carbons (Fsp3) is 0.125. The van der Waals surface area contributed by atoms with E-state index in [1.807, 2.05) is 6.07 Å². The van der Waals surface area contributed by atoms with Crippen molar-refractivity contribution in [1.82, 2.24) is 10.6 Å². The van der Waals surface area contributed by atoms with Crippen LogP contribution in [-0.4, -0.2) is 24.9 Å². The number of amides is 2. The molecule has 0 bridgehead atoms. The molecule has 0 aliphatic carbocycles. The summed E-state index contributed by atoms with van der Waals surface area (Å²) in [4.78, 5) is 23.8. The molecule has 2 aromatic rings. The quantitative estimate of drug-likeness (QED) is 0.781. The molecular formula is C16H14BrClN2O2. The van der Waals surface area contributed by atoms with Gasteiger partial charge in [-0.3, -0.25) is 9.59 Å². The Morgan fingerprint density at radius 3 is 2.32 bits per heavy atom. The van der Waals surface area contributed by atoms with E-state index in [-0.39, 0.29) is 11.8 Å². The molecular weight excluding hydrogens is 368 g/mol. The fourth-order valence-corrected chi connectivity index (χ4v) is 2.45. The molecule has 0 aliphatic rings. The second kappa shape index (κ2) is 7.96. The average molecular weight is 382 g/mol. The van der Waals surface area contributed by atoms with Crippen molar-refractivity contribution < 1.29 is 9.59 Å². The van der Waals surface area contributed by atoms with E-state index in [1.165, 1.54) is 0 Å². The molecule has 114 valence electrons. The SMILES string of the molecule is O=C(NCCNC(=O)c1ccccc1Cl)c1cccc(Br)c1. The lowest BCUT2D eigenvalue weighted by Crippen LogP contribution is -2.34. The van der Waals surface area contributed by atoms with Crippen molar-refractivity contribution in [2.75, 3.05) is 13.1 Å². The maximum atomic E-state index is 11.9. The third-order valence-corrected chi connectivity index (χ3v) is 3.72. The molecule has 0 saturated carbocycles. The van der Waals surface area contributed by atoms with Gasteiger partial charge in [0, 0.05) is 23.1 Å². The maximum Gasteiger partial charge on any atom is 0.252 e. The van der Waals surface area contributed by atoms with Crippen LogP contribution >= 0.6 is 27.5 Å². The van der Waals surface area contributed by atoms with Crippen LogP contribution < -0.4 is 10.6 Å². The Labute approximate surface area is 142 Å². The Hall–Kier alpha value is -1.85. The molecule has 2 aromatic carbocycles. The lowest BCUT2D eigenvalue weighted by atomic mass is 10.2. The molecule has 0 aliphatic heterocycles. The minimum absolute atomic E-state index is 0.187. The summed E-state index contributed by atoms with van der Waals surface area (Å²) in [6.45, 7) is 0.658. The van der Waals surface area contributed by atoms with Gasteiger partial charge in [0.25, 0.3) is 11.8 Å². The third-order valence-electron chi connectivity index (χ3n) is 2.90. The van der Waals surface area contributed by atoms with Crippen LogP contribution in [0.15, 0.2) is 53.0 Å². The summed E-state index contributed by atoms with van der Waals surface area (Å²) in [5.41, 5.74) is 0.981. The predicted molar refractivity (Wildman–Crippen MR) is 90.3 cm³/mol. The summed E-state index contributed by atoms with van der Waals surface area (Å²) in [5, 5.41) is 5.85. The van der Waals surface area contributed by atoms with Crippen LogP contribution in [-0.2, 0) is 0 Å². The van der Waals surface area contributed by atoms with Gasteiger partial charge in [-0.05, 0) is 30.3 Å². The number of carbonyl (C=O) groups is 2. The van der Waals surface area contributed by atoms with Crippen LogP contribution in [0.1, 0.15) is 20.7 Å². The third kappa shape index (κ3) is 4.58. The number of rotatable bonds is 5. The maximum absolute atomic E-state index is 11.9. The highest BCUT2D eigenvalue weighted by Gasteiger charge is 2.09. The van der Waals surface area contributed by atoms with Crippen molar-refractivity contribution in [2.24, 2.45) is 0 Å². The van der Waals surface area contributed by atoms with Crippen LogP contribution in [0, 0.1) is 0 Å². The van der Waals surface area contributed by atoms with Crippen molar-refractivity contribution in [2.45, 2.75) is 0 Å². The summed E-state index contributed by atoms with van der Waals surface area (Å²) in [7, 11) is 0. The number of benzene rings is 2. The zero-order chi connectivity index (χ0) is 15.9. The Bertz CT molecular complexity index is 691. The van der Waals surface area contributed by atoms with Crippen LogP contribution in [0.2, 0.25) is 5.02 Å². The zero-order valence-corrected chi connectivity index (χ0v) is 13.9. The molecule has 2 amide bonds. The van der Waals surface area contributed by atoms with Gasteiger partial charge in [-0.1, -0.05) is 45.7 Å². The van der Waals surface area contributed by atoms with E-state index in [4.69, 9.17) is 11.6 Å². The molecule has 22 heavy (non-hydrogen) atoms. The van der Waals surface area contributed by atoms with Gasteiger partial charge in [0.05, 0.1) is 10.6 Å². The molecule has 4 nitrogen and oxygen atoms in total. The number of halogens is 2. The first kappa shape index (κ1) is 16.5. The molecule has 0 heterocycles. The first-order chi connectivity index (χ1) is 10.6. The molecule has 0 atom stereocenters. The first-order valence-electron chi connectivity index (χ1n) is 6.64. The Morgan fingerprint density at radius 1 is 0.955 bits per heavy atom. The number of hydrogen-bond acceptors (Lipinski definition) is 2. The lowest BCUT2D eigenvalue weighted by Gasteiger charge is -2.08. The zero-order valence-electron chi connectivity index (χ0n) is 11.6. The second-order valence-corrected chi connectivity index (χ2v) is 5.82. The number of carbonyl (C=O) groups excluding carboxylic acids is 2. The van der Waals surface area contributed by atoms with E-state index in [1.54, 1.807) is 42.5 Å². The largest absolute Gasteiger partial charge is 0.350 e. The van der Waals surface area contributed by atoms with Gasteiger partial charge < -0.3 is 10.6 Å². The molecule has 0 radical (unpaired) electrons. The summed E-state index contributed by atoms with van der Waals surface area (Å²) in [6.07, 6.45) is 0. The molecule has 2 rings (SSSR count). The number of nitrogens with one attached hydrogen (secondary N) is 2. The van der Waals surface area contributed by atoms with E-state index in [0.29, 0.717) is 29.2 Å². The highest BCUT2D eigenvalue weighted by Crippen LogP contribution is 2.14. The van der Waals surface area contributed by atoms with Crippen molar-refractivity contribution in [3.05, 3.63) is 69.2 Å². The molecule has 0 spiro atoms. The van der Waals surface area contributed by atoms with E-state index in [2.05, 4.69) is 26.6 Å². The van der Waals surface area contributed by atoms with Gasteiger partial charge in [0.2, 0.25) is 0 Å².